The summed E-state index contributed by atoms with van der Waals surface area (Å²) in [6.45, 7) is 8.21. The van der Waals surface area contributed by atoms with E-state index in [-0.39, 0.29) is 16.7 Å². The van der Waals surface area contributed by atoms with Gasteiger partial charge < -0.3 is 10.3 Å². The summed E-state index contributed by atoms with van der Waals surface area (Å²) in [7, 11) is 0. The number of anilines is 1. The predicted molar refractivity (Wildman–Crippen MR) is 126 cm³/mol. The summed E-state index contributed by atoms with van der Waals surface area (Å²) in [6, 6.07) is 5.96. The molecule has 2 heterocycles. The Morgan fingerprint density at radius 2 is 2.10 bits per heavy atom. The quantitative estimate of drug-likeness (QED) is 0.420. The van der Waals surface area contributed by atoms with E-state index in [9.17, 15) is 9.59 Å². The van der Waals surface area contributed by atoms with Crippen molar-refractivity contribution in [1.82, 2.24) is 9.97 Å². The van der Waals surface area contributed by atoms with Gasteiger partial charge in [-0.1, -0.05) is 43.8 Å². The van der Waals surface area contributed by atoms with Gasteiger partial charge in [-0.2, -0.15) is 0 Å². The average molecular weight is 442 g/mol. The molecule has 2 atom stereocenters. The molecule has 1 aromatic carbocycles. The Bertz CT molecular complexity index is 1140. The maximum absolute atomic E-state index is 12.9. The summed E-state index contributed by atoms with van der Waals surface area (Å²) in [4.78, 5) is 35.5. The van der Waals surface area contributed by atoms with Gasteiger partial charge in [-0.05, 0) is 62.1 Å². The number of nitrogens with zero attached hydrogens (tertiary/aromatic N) is 1. The zero-order valence-corrected chi connectivity index (χ0v) is 19.4. The van der Waals surface area contributed by atoms with Gasteiger partial charge >= 0.3 is 0 Å². The zero-order chi connectivity index (χ0) is 21.4. The summed E-state index contributed by atoms with van der Waals surface area (Å²) in [5.41, 5.74) is 4.03. The first-order valence-corrected chi connectivity index (χ1v) is 12.1. The number of thiophene rings is 1. The largest absolute Gasteiger partial charge is 0.325 e. The number of hydrogen-bond acceptors (Lipinski definition) is 5. The van der Waals surface area contributed by atoms with Crippen LogP contribution >= 0.6 is 23.1 Å². The second kappa shape index (κ2) is 8.55. The normalized spacial score (nSPS) is 17.0. The van der Waals surface area contributed by atoms with Gasteiger partial charge in [-0.25, -0.2) is 4.98 Å². The number of fused-ring (bicyclic) bond motifs is 3. The summed E-state index contributed by atoms with van der Waals surface area (Å²) < 4.78 is 0. The van der Waals surface area contributed by atoms with E-state index in [1.165, 1.54) is 22.2 Å². The van der Waals surface area contributed by atoms with Crippen LogP contribution in [0.5, 0.6) is 0 Å². The lowest BCUT2D eigenvalue weighted by Crippen LogP contribution is -2.26. The van der Waals surface area contributed by atoms with E-state index in [0.717, 1.165) is 46.3 Å². The lowest BCUT2D eigenvalue weighted by molar-refractivity contribution is -0.115. The average Bonchev–Trinajstić information content (AvgIpc) is 3.06. The third-order valence-electron chi connectivity index (χ3n) is 5.79. The molecule has 7 heteroatoms. The van der Waals surface area contributed by atoms with Crippen molar-refractivity contribution >= 4 is 44.9 Å². The molecule has 0 saturated heterocycles. The number of amides is 1. The molecule has 2 N–H and O–H groups in total. The molecule has 0 radical (unpaired) electrons. The number of benzene rings is 1. The van der Waals surface area contributed by atoms with Gasteiger partial charge in [0.15, 0.2) is 5.16 Å². The number of aromatic nitrogens is 2. The highest BCUT2D eigenvalue weighted by atomic mass is 32.2. The van der Waals surface area contributed by atoms with E-state index in [2.05, 4.69) is 17.2 Å². The van der Waals surface area contributed by atoms with E-state index < -0.39 is 0 Å². The van der Waals surface area contributed by atoms with Crippen LogP contribution in [-0.2, 0) is 17.6 Å². The maximum atomic E-state index is 12.9. The van der Waals surface area contributed by atoms with Crippen LogP contribution in [0.15, 0.2) is 28.2 Å². The number of carbonyl (C=O) groups excluding carboxylic acids is 1. The van der Waals surface area contributed by atoms with Crippen LogP contribution in [0.4, 0.5) is 5.69 Å². The molecular formula is C23H27N3O2S2. The summed E-state index contributed by atoms with van der Waals surface area (Å²) in [5.74, 6) is 0.582. The van der Waals surface area contributed by atoms with Crippen LogP contribution in [0.3, 0.4) is 0 Å². The molecule has 0 saturated carbocycles. The summed E-state index contributed by atoms with van der Waals surface area (Å²) >= 11 is 2.97. The highest BCUT2D eigenvalue weighted by molar-refractivity contribution is 8.00. The van der Waals surface area contributed by atoms with E-state index in [1.54, 1.807) is 11.3 Å². The van der Waals surface area contributed by atoms with Crippen molar-refractivity contribution in [2.75, 3.05) is 5.32 Å². The van der Waals surface area contributed by atoms with Crippen LogP contribution in [0.1, 0.15) is 48.3 Å². The molecule has 3 aromatic rings. The fourth-order valence-electron chi connectivity index (χ4n) is 4.06. The number of H-pyrrole nitrogens is 1. The van der Waals surface area contributed by atoms with Gasteiger partial charge in [-0.3, -0.25) is 9.59 Å². The number of thioether (sulfide) groups is 1. The zero-order valence-electron chi connectivity index (χ0n) is 17.8. The van der Waals surface area contributed by atoms with Gasteiger partial charge in [0.25, 0.3) is 5.56 Å². The van der Waals surface area contributed by atoms with E-state index >= 15 is 0 Å². The summed E-state index contributed by atoms with van der Waals surface area (Å²) in [6.07, 6.45) is 3.73. The monoisotopic (exact) mass is 441 g/mol. The molecule has 158 valence electrons. The van der Waals surface area contributed by atoms with Gasteiger partial charge in [0, 0.05) is 10.6 Å². The van der Waals surface area contributed by atoms with Gasteiger partial charge in [0.05, 0.1) is 10.6 Å². The predicted octanol–water partition coefficient (Wildman–Crippen LogP) is 5.24. The van der Waals surface area contributed by atoms with Crippen molar-refractivity contribution in [3.63, 3.8) is 0 Å². The Hall–Kier alpha value is -2.12. The molecule has 30 heavy (non-hydrogen) atoms. The topological polar surface area (TPSA) is 74.8 Å². The molecule has 1 aliphatic rings. The number of nitrogens with one attached hydrogen (secondary N) is 2. The van der Waals surface area contributed by atoms with E-state index in [1.807, 2.05) is 39.0 Å². The van der Waals surface area contributed by atoms with Crippen molar-refractivity contribution in [3.05, 3.63) is 50.1 Å². The van der Waals surface area contributed by atoms with Crippen molar-refractivity contribution in [3.8, 4) is 0 Å². The molecule has 0 fully saturated rings. The number of hydrogen-bond donors (Lipinski definition) is 2. The Morgan fingerprint density at radius 1 is 1.37 bits per heavy atom. The number of para-hydroxylation sites is 1. The minimum absolute atomic E-state index is 0.0676. The second-order valence-electron chi connectivity index (χ2n) is 8.17. The first-order chi connectivity index (χ1) is 14.4. The van der Waals surface area contributed by atoms with Gasteiger partial charge in [0.1, 0.15) is 4.83 Å². The first kappa shape index (κ1) is 21.1. The number of aromatic amines is 1. The highest BCUT2D eigenvalue weighted by Crippen LogP contribution is 2.36. The number of carbonyl (C=O) groups is 1. The fraction of sp³-hybridized carbons (Fsp3) is 0.435. The minimum Gasteiger partial charge on any atom is -0.325 e. The number of rotatable bonds is 5. The van der Waals surface area contributed by atoms with Crippen molar-refractivity contribution in [1.29, 1.82) is 0 Å². The lowest BCUT2D eigenvalue weighted by Gasteiger charge is -2.17. The standard InChI is InChI=1S/C23H27N3O2S2/c1-5-16(20(27)24-19-13(3)7-6-8-14(19)4)30-23-25-21(28)18-15-10-9-12(2)11-17(15)29-22(18)26-23/h6-8,12,16H,5,9-11H2,1-4H3,(H,24,27)(H,25,26,28). The van der Waals surface area contributed by atoms with Crippen molar-refractivity contribution < 1.29 is 4.79 Å². The Kier molecular flexibility index (Phi) is 6.02. The molecule has 1 amide bonds. The van der Waals surface area contributed by atoms with Crippen LogP contribution in [-0.4, -0.2) is 21.1 Å². The molecule has 0 spiro atoms. The summed E-state index contributed by atoms with van der Waals surface area (Å²) in [5, 5.41) is 4.00. The van der Waals surface area contributed by atoms with E-state index in [4.69, 9.17) is 4.98 Å². The fourth-order valence-corrected chi connectivity index (χ4v) is 6.40. The molecule has 2 aromatic heterocycles. The smallest absolute Gasteiger partial charge is 0.260 e. The third-order valence-corrected chi connectivity index (χ3v) is 8.19. The molecular weight excluding hydrogens is 414 g/mol. The van der Waals surface area contributed by atoms with Crippen LogP contribution < -0.4 is 10.9 Å². The Morgan fingerprint density at radius 3 is 2.80 bits per heavy atom. The van der Waals surface area contributed by atoms with Gasteiger partial charge in [0.2, 0.25) is 5.91 Å². The van der Waals surface area contributed by atoms with Crippen LogP contribution in [0.25, 0.3) is 10.2 Å². The first-order valence-electron chi connectivity index (χ1n) is 10.5. The Labute approximate surface area is 184 Å². The van der Waals surface area contributed by atoms with Crippen molar-refractivity contribution in [2.24, 2.45) is 5.92 Å². The van der Waals surface area contributed by atoms with Gasteiger partial charge in [-0.15, -0.1) is 11.3 Å². The minimum atomic E-state index is -0.334. The van der Waals surface area contributed by atoms with Crippen LogP contribution in [0.2, 0.25) is 0 Å². The van der Waals surface area contributed by atoms with Crippen LogP contribution in [0, 0.1) is 19.8 Å². The SMILES string of the molecule is CCC(Sc1nc2sc3c(c2c(=O)[nH]1)CCC(C)C3)C(=O)Nc1c(C)cccc1C. The number of aryl methyl sites for hydroxylation is 3. The van der Waals surface area contributed by atoms with E-state index in [0.29, 0.717) is 17.5 Å². The molecule has 0 bridgehead atoms. The molecule has 5 nitrogen and oxygen atoms in total. The molecule has 0 aliphatic heterocycles. The molecule has 4 rings (SSSR count). The molecule has 1 aliphatic carbocycles. The lowest BCUT2D eigenvalue weighted by atomic mass is 9.89. The Balaban J connectivity index is 1.59. The highest BCUT2D eigenvalue weighted by Gasteiger charge is 2.25. The maximum Gasteiger partial charge on any atom is 0.260 e. The second-order valence-corrected chi connectivity index (χ2v) is 10.4. The molecule has 2 unspecified atom stereocenters. The van der Waals surface area contributed by atoms with Crippen molar-refractivity contribution in [2.45, 2.75) is 63.8 Å². The third kappa shape index (κ3) is 4.05.